The highest BCUT2D eigenvalue weighted by Gasteiger charge is 2.14. The summed E-state index contributed by atoms with van der Waals surface area (Å²) in [4.78, 5) is 23.1. The van der Waals surface area contributed by atoms with Gasteiger partial charge in [-0.05, 0) is 31.8 Å². The Bertz CT molecular complexity index is 456. The molecule has 0 radical (unpaired) electrons. The van der Waals surface area contributed by atoms with Gasteiger partial charge in [-0.1, -0.05) is 64.7 Å². The van der Waals surface area contributed by atoms with Gasteiger partial charge in [0, 0.05) is 12.1 Å². The Morgan fingerprint density at radius 3 is 2.17 bits per heavy atom. The third-order valence-electron chi connectivity index (χ3n) is 3.99. The Hall–Kier alpha value is -1.84. The fraction of sp³-hybridized carbons (Fsp3) is 0.600. The maximum atomic E-state index is 12.0. The molecule has 0 aliphatic heterocycles. The molecule has 24 heavy (non-hydrogen) atoms. The van der Waals surface area contributed by atoms with Crippen LogP contribution in [0.1, 0.15) is 65.7 Å². The average Bonchev–Trinajstić information content (AvgIpc) is 2.54. The molecule has 4 nitrogen and oxygen atoms in total. The van der Waals surface area contributed by atoms with Crippen LogP contribution < -0.4 is 5.32 Å². The van der Waals surface area contributed by atoms with Gasteiger partial charge >= 0.3 is 5.97 Å². The summed E-state index contributed by atoms with van der Waals surface area (Å²) < 4.78 is 0. The van der Waals surface area contributed by atoms with Crippen LogP contribution in [0.2, 0.25) is 0 Å². The number of carboxylic acids is 1. The fourth-order valence-corrected chi connectivity index (χ4v) is 2.71. The first kappa shape index (κ1) is 22.2. The molecule has 1 aliphatic rings. The molecule has 1 amide bonds. The second kappa shape index (κ2) is 13.6. The van der Waals surface area contributed by atoms with E-state index in [4.69, 9.17) is 5.11 Å². The van der Waals surface area contributed by atoms with E-state index in [1.54, 1.807) is 13.0 Å². The number of aliphatic carboxylic acids is 1. The van der Waals surface area contributed by atoms with Crippen LogP contribution in [-0.4, -0.2) is 23.5 Å². The van der Waals surface area contributed by atoms with Gasteiger partial charge in [-0.2, -0.15) is 0 Å². The zero-order valence-electron chi connectivity index (χ0n) is 15.4. The van der Waals surface area contributed by atoms with E-state index in [0.717, 1.165) is 12.8 Å². The van der Waals surface area contributed by atoms with Gasteiger partial charge in [0.1, 0.15) is 0 Å². The summed E-state index contributed by atoms with van der Waals surface area (Å²) in [7, 11) is 0. The van der Waals surface area contributed by atoms with Crippen LogP contribution >= 0.6 is 0 Å². The maximum absolute atomic E-state index is 12.0. The van der Waals surface area contributed by atoms with Gasteiger partial charge in [0.2, 0.25) is 0 Å². The molecule has 0 bridgehead atoms. The second-order valence-corrected chi connectivity index (χ2v) is 5.85. The molecule has 0 saturated heterocycles. The van der Waals surface area contributed by atoms with Crippen LogP contribution in [0.3, 0.4) is 0 Å². The molecule has 0 atom stereocenters. The van der Waals surface area contributed by atoms with Gasteiger partial charge in [0.05, 0.1) is 5.57 Å². The summed E-state index contributed by atoms with van der Waals surface area (Å²) in [5.41, 5.74) is 0.245. The lowest BCUT2D eigenvalue weighted by molar-refractivity contribution is -0.132. The van der Waals surface area contributed by atoms with Crippen molar-refractivity contribution in [1.29, 1.82) is 0 Å². The van der Waals surface area contributed by atoms with Crippen LogP contribution in [0.5, 0.6) is 0 Å². The summed E-state index contributed by atoms with van der Waals surface area (Å²) in [5.74, 6) is -0.826. The van der Waals surface area contributed by atoms with Gasteiger partial charge in [0.25, 0.3) is 5.91 Å². The number of carboxylic acid groups (broad SMARTS) is 1. The Balaban J connectivity index is 0.00000254. The standard InChI is InChI=1S/C18H27NO3.C2H6/c1-3-9-16(18(21)22)12-14(2)17(20)19-13-15-10-7-5-4-6-8-11-15;1-2/h3,9,12,15H,2,4-8,10-11,13H2,1H3,(H,19,20)(H,21,22);1-2H3/b9-3-,16-12+;. The van der Waals surface area contributed by atoms with E-state index in [1.807, 2.05) is 13.8 Å². The van der Waals surface area contributed by atoms with E-state index in [1.165, 1.54) is 44.3 Å². The minimum atomic E-state index is -1.06. The molecule has 0 unspecified atom stereocenters. The van der Waals surface area contributed by atoms with Crippen LogP contribution in [0.25, 0.3) is 0 Å². The van der Waals surface area contributed by atoms with E-state index in [9.17, 15) is 9.59 Å². The summed E-state index contributed by atoms with van der Waals surface area (Å²) >= 11 is 0. The number of hydrogen-bond donors (Lipinski definition) is 2. The molecule has 136 valence electrons. The molecular formula is C20H33NO3. The van der Waals surface area contributed by atoms with E-state index >= 15 is 0 Å². The van der Waals surface area contributed by atoms with Crippen molar-refractivity contribution in [2.75, 3.05) is 6.54 Å². The number of nitrogens with one attached hydrogen (secondary N) is 1. The monoisotopic (exact) mass is 335 g/mol. The Morgan fingerprint density at radius 2 is 1.67 bits per heavy atom. The van der Waals surface area contributed by atoms with E-state index in [-0.39, 0.29) is 17.1 Å². The number of carbonyl (C=O) groups is 2. The predicted molar refractivity (Wildman–Crippen MR) is 99.8 cm³/mol. The van der Waals surface area contributed by atoms with Crippen LogP contribution in [-0.2, 0) is 9.59 Å². The number of amides is 1. The highest BCUT2D eigenvalue weighted by atomic mass is 16.4. The van der Waals surface area contributed by atoms with E-state index in [0.29, 0.717) is 12.5 Å². The fourth-order valence-electron chi connectivity index (χ4n) is 2.71. The van der Waals surface area contributed by atoms with Crippen molar-refractivity contribution in [2.24, 2.45) is 5.92 Å². The summed E-state index contributed by atoms with van der Waals surface area (Å²) in [6, 6.07) is 0. The van der Waals surface area contributed by atoms with Crippen molar-refractivity contribution in [2.45, 2.75) is 65.7 Å². The van der Waals surface area contributed by atoms with Crippen molar-refractivity contribution in [3.05, 3.63) is 36.0 Å². The molecule has 1 aliphatic carbocycles. The highest BCUT2D eigenvalue weighted by Crippen LogP contribution is 2.21. The predicted octanol–water partition coefficient (Wildman–Crippen LogP) is 4.63. The zero-order valence-corrected chi connectivity index (χ0v) is 15.4. The minimum absolute atomic E-state index is 0.0635. The van der Waals surface area contributed by atoms with Crippen LogP contribution in [0.4, 0.5) is 0 Å². The van der Waals surface area contributed by atoms with Gasteiger partial charge < -0.3 is 10.4 Å². The maximum Gasteiger partial charge on any atom is 0.335 e. The topological polar surface area (TPSA) is 66.4 Å². The lowest BCUT2D eigenvalue weighted by Gasteiger charge is -2.20. The minimum Gasteiger partial charge on any atom is -0.478 e. The smallest absolute Gasteiger partial charge is 0.335 e. The Kier molecular flexibility index (Phi) is 12.5. The van der Waals surface area contributed by atoms with Crippen molar-refractivity contribution in [3.63, 3.8) is 0 Å². The average molecular weight is 335 g/mol. The summed E-state index contributed by atoms with van der Waals surface area (Å²) in [5, 5.41) is 11.9. The molecule has 0 heterocycles. The zero-order chi connectivity index (χ0) is 18.4. The second-order valence-electron chi connectivity index (χ2n) is 5.85. The number of hydrogen-bond acceptors (Lipinski definition) is 2. The molecule has 0 spiro atoms. The molecule has 2 N–H and O–H groups in total. The Morgan fingerprint density at radius 1 is 1.12 bits per heavy atom. The van der Waals surface area contributed by atoms with E-state index < -0.39 is 5.97 Å². The van der Waals surface area contributed by atoms with Gasteiger partial charge in [0.15, 0.2) is 0 Å². The number of carbonyl (C=O) groups excluding carboxylic acids is 1. The molecule has 1 rings (SSSR count). The lowest BCUT2D eigenvalue weighted by atomic mass is 9.91. The Labute approximate surface area is 146 Å². The molecule has 1 fully saturated rings. The van der Waals surface area contributed by atoms with Crippen molar-refractivity contribution >= 4 is 11.9 Å². The van der Waals surface area contributed by atoms with Crippen molar-refractivity contribution in [1.82, 2.24) is 5.32 Å². The van der Waals surface area contributed by atoms with Crippen molar-refractivity contribution < 1.29 is 14.7 Å². The third-order valence-corrected chi connectivity index (χ3v) is 3.99. The molecule has 4 heteroatoms. The normalized spacial score (nSPS) is 16.5. The molecule has 0 aromatic rings. The van der Waals surface area contributed by atoms with Crippen molar-refractivity contribution in [3.8, 4) is 0 Å². The van der Waals surface area contributed by atoms with Gasteiger partial charge in [-0.15, -0.1) is 0 Å². The van der Waals surface area contributed by atoms with Gasteiger partial charge in [-0.3, -0.25) is 4.79 Å². The molecule has 1 saturated carbocycles. The first-order valence-electron chi connectivity index (χ1n) is 9.09. The van der Waals surface area contributed by atoms with Crippen LogP contribution in [0, 0.1) is 5.92 Å². The highest BCUT2D eigenvalue weighted by molar-refractivity contribution is 5.99. The molecule has 0 aromatic heterocycles. The SMILES string of the molecule is C=C(/C=C(\C=C/C)C(=O)O)C(=O)NCC1CCCCCCC1.CC. The molecule has 0 aromatic carbocycles. The number of allylic oxidation sites excluding steroid dienone is 1. The third kappa shape index (κ3) is 9.33. The molecular weight excluding hydrogens is 302 g/mol. The first-order chi connectivity index (χ1) is 11.5. The van der Waals surface area contributed by atoms with Gasteiger partial charge in [-0.25, -0.2) is 4.79 Å². The largest absolute Gasteiger partial charge is 0.478 e. The summed E-state index contributed by atoms with van der Waals surface area (Å²) in [6.45, 7) is 10.1. The quantitative estimate of drug-likeness (QED) is 0.549. The lowest BCUT2D eigenvalue weighted by Crippen LogP contribution is -2.30. The number of rotatable bonds is 6. The van der Waals surface area contributed by atoms with E-state index in [2.05, 4.69) is 11.9 Å². The van der Waals surface area contributed by atoms with Crippen LogP contribution in [0.15, 0.2) is 36.0 Å². The summed E-state index contributed by atoms with van der Waals surface area (Å²) in [6.07, 6.45) is 13.0. The first-order valence-corrected chi connectivity index (χ1v) is 9.09.